The summed E-state index contributed by atoms with van der Waals surface area (Å²) in [5.74, 6) is -1.17. The molecule has 0 bridgehead atoms. The Balaban J connectivity index is 1.90. The van der Waals surface area contributed by atoms with E-state index in [-0.39, 0.29) is 11.8 Å². The minimum absolute atomic E-state index is 0.0955. The zero-order valence-electron chi connectivity index (χ0n) is 9.65. The first-order valence-corrected chi connectivity index (χ1v) is 6.11. The number of para-hydroxylation sites is 1. The topological polar surface area (TPSA) is 61.0 Å². The van der Waals surface area contributed by atoms with Crippen LogP contribution in [0.3, 0.4) is 0 Å². The van der Waals surface area contributed by atoms with Crippen molar-refractivity contribution < 1.29 is 17.9 Å². The van der Waals surface area contributed by atoms with Gasteiger partial charge in [0.2, 0.25) is 0 Å². The summed E-state index contributed by atoms with van der Waals surface area (Å²) < 4.78 is 45.1. The van der Waals surface area contributed by atoms with Gasteiger partial charge < -0.3 is 10.5 Å². The summed E-state index contributed by atoms with van der Waals surface area (Å²) in [6, 6.07) is 7.22. The third-order valence-electron chi connectivity index (χ3n) is 2.31. The smallest absolute Gasteiger partial charge is 0.452 e. The van der Waals surface area contributed by atoms with E-state index in [1.54, 1.807) is 12.1 Å². The van der Waals surface area contributed by atoms with Crippen LogP contribution in [0.5, 0.6) is 5.19 Å². The van der Waals surface area contributed by atoms with Gasteiger partial charge in [-0.2, -0.15) is 22.5 Å². The van der Waals surface area contributed by atoms with Crippen LogP contribution in [0.1, 0.15) is 11.4 Å². The van der Waals surface area contributed by atoms with Crippen LogP contribution in [0.25, 0.3) is 0 Å². The molecule has 0 radical (unpaired) electrons. The first kappa shape index (κ1) is 13.6. The minimum Gasteiger partial charge on any atom is -0.469 e. The van der Waals surface area contributed by atoms with Gasteiger partial charge in [-0.3, -0.25) is 0 Å². The molecule has 8 heteroatoms. The summed E-state index contributed by atoms with van der Waals surface area (Å²) >= 11 is 0.581. The lowest BCUT2D eigenvalue weighted by molar-refractivity contribution is -0.144. The Labute approximate surface area is 111 Å². The normalized spacial score (nSPS) is 11.5. The zero-order valence-corrected chi connectivity index (χ0v) is 10.5. The predicted octanol–water partition coefficient (Wildman–Crippen LogP) is 2.76. The molecule has 0 unspecified atom stereocenters. The molecule has 1 heterocycles. The monoisotopic (exact) mass is 289 g/mol. The van der Waals surface area contributed by atoms with E-state index in [4.69, 9.17) is 10.5 Å². The van der Waals surface area contributed by atoms with E-state index in [1.165, 1.54) is 0 Å². The summed E-state index contributed by atoms with van der Waals surface area (Å²) in [6.07, 6.45) is -4.05. The van der Waals surface area contributed by atoms with Crippen molar-refractivity contribution >= 4 is 17.2 Å². The van der Waals surface area contributed by atoms with E-state index in [0.717, 1.165) is 5.56 Å². The maximum atomic E-state index is 12.3. The number of aromatic nitrogens is 2. The highest BCUT2D eigenvalue weighted by molar-refractivity contribution is 7.07. The van der Waals surface area contributed by atoms with E-state index in [0.29, 0.717) is 23.6 Å². The Bertz CT molecular complexity index is 556. The SMILES string of the molecule is Nc1ccccc1CCOc1nc(C(F)(F)F)ns1. The van der Waals surface area contributed by atoms with Crippen molar-refractivity contribution in [1.82, 2.24) is 9.36 Å². The van der Waals surface area contributed by atoms with Crippen molar-refractivity contribution in [3.05, 3.63) is 35.7 Å². The third kappa shape index (κ3) is 3.57. The van der Waals surface area contributed by atoms with Gasteiger partial charge in [0.05, 0.1) is 6.61 Å². The summed E-state index contributed by atoms with van der Waals surface area (Å²) in [6.45, 7) is 0.195. The molecule has 2 N–H and O–H groups in total. The van der Waals surface area contributed by atoms with E-state index in [9.17, 15) is 13.2 Å². The van der Waals surface area contributed by atoms with Crippen LogP contribution in [-0.4, -0.2) is 16.0 Å². The van der Waals surface area contributed by atoms with Gasteiger partial charge in [-0.1, -0.05) is 18.2 Å². The van der Waals surface area contributed by atoms with Gasteiger partial charge in [-0.25, -0.2) is 0 Å². The van der Waals surface area contributed by atoms with Crippen LogP contribution in [0.2, 0.25) is 0 Å². The fourth-order valence-corrected chi connectivity index (χ4v) is 1.97. The fraction of sp³-hybridized carbons (Fsp3) is 0.273. The Morgan fingerprint density at radius 3 is 2.63 bits per heavy atom. The van der Waals surface area contributed by atoms with Crippen LogP contribution >= 0.6 is 11.5 Å². The van der Waals surface area contributed by atoms with Gasteiger partial charge in [0.15, 0.2) is 0 Å². The van der Waals surface area contributed by atoms with Crippen molar-refractivity contribution in [2.75, 3.05) is 12.3 Å². The molecule has 19 heavy (non-hydrogen) atoms. The van der Waals surface area contributed by atoms with E-state index < -0.39 is 12.0 Å². The van der Waals surface area contributed by atoms with Crippen molar-refractivity contribution in [3.8, 4) is 5.19 Å². The van der Waals surface area contributed by atoms with Crippen molar-refractivity contribution in [1.29, 1.82) is 0 Å². The van der Waals surface area contributed by atoms with Crippen molar-refractivity contribution in [2.45, 2.75) is 12.6 Å². The molecule has 0 amide bonds. The molecule has 4 nitrogen and oxygen atoms in total. The number of nitrogens with zero attached hydrogens (tertiary/aromatic N) is 2. The number of rotatable bonds is 4. The number of benzene rings is 1. The molecule has 1 aromatic heterocycles. The van der Waals surface area contributed by atoms with Gasteiger partial charge in [-0.05, 0) is 11.6 Å². The number of nitrogen functional groups attached to an aromatic ring is 1. The van der Waals surface area contributed by atoms with Gasteiger partial charge in [0.1, 0.15) is 0 Å². The Morgan fingerprint density at radius 1 is 1.26 bits per heavy atom. The van der Waals surface area contributed by atoms with Crippen LogP contribution in [0.4, 0.5) is 18.9 Å². The molecule has 0 atom stereocenters. The minimum atomic E-state index is -4.54. The Morgan fingerprint density at radius 2 is 2.00 bits per heavy atom. The molecule has 0 saturated heterocycles. The Kier molecular flexibility index (Phi) is 3.89. The number of alkyl halides is 3. The molecule has 0 aliphatic rings. The number of anilines is 1. The highest BCUT2D eigenvalue weighted by atomic mass is 32.1. The van der Waals surface area contributed by atoms with Crippen LogP contribution in [0, 0.1) is 0 Å². The summed E-state index contributed by atoms with van der Waals surface area (Å²) in [5.41, 5.74) is 7.23. The Hall–Kier alpha value is -1.83. The molecule has 2 aromatic rings. The van der Waals surface area contributed by atoms with Crippen LogP contribution in [0.15, 0.2) is 24.3 Å². The molecule has 102 valence electrons. The van der Waals surface area contributed by atoms with E-state index >= 15 is 0 Å². The highest BCUT2D eigenvalue weighted by Gasteiger charge is 2.36. The fourth-order valence-electron chi connectivity index (χ4n) is 1.39. The van der Waals surface area contributed by atoms with Gasteiger partial charge in [0.25, 0.3) is 11.0 Å². The zero-order chi connectivity index (χ0) is 13.9. The maximum absolute atomic E-state index is 12.3. The molecule has 0 spiro atoms. The molecule has 0 aliphatic heterocycles. The molecular formula is C11H10F3N3OS. The number of nitrogens with two attached hydrogens (primary N) is 1. The maximum Gasteiger partial charge on any atom is 0.452 e. The van der Waals surface area contributed by atoms with Gasteiger partial charge in [0, 0.05) is 23.6 Å². The molecular weight excluding hydrogens is 279 g/mol. The van der Waals surface area contributed by atoms with Crippen molar-refractivity contribution in [3.63, 3.8) is 0 Å². The lowest BCUT2D eigenvalue weighted by atomic mass is 10.1. The number of halogens is 3. The predicted molar refractivity (Wildman–Crippen MR) is 65.0 cm³/mol. The average Bonchev–Trinajstić information content (AvgIpc) is 2.80. The molecule has 0 fully saturated rings. The molecule has 2 rings (SSSR count). The second kappa shape index (κ2) is 5.43. The average molecular weight is 289 g/mol. The largest absolute Gasteiger partial charge is 0.469 e. The molecule has 1 aromatic carbocycles. The second-order valence-electron chi connectivity index (χ2n) is 3.68. The number of ether oxygens (including phenoxy) is 1. The summed E-state index contributed by atoms with van der Waals surface area (Å²) in [5, 5.41) is -0.0955. The van der Waals surface area contributed by atoms with Crippen molar-refractivity contribution in [2.24, 2.45) is 0 Å². The highest BCUT2D eigenvalue weighted by Crippen LogP contribution is 2.29. The van der Waals surface area contributed by atoms with Gasteiger partial charge in [-0.15, -0.1) is 0 Å². The molecule has 0 saturated carbocycles. The second-order valence-corrected chi connectivity index (χ2v) is 4.39. The number of hydrogen-bond donors (Lipinski definition) is 1. The molecule has 0 aliphatic carbocycles. The van der Waals surface area contributed by atoms with Crippen LogP contribution in [-0.2, 0) is 12.6 Å². The summed E-state index contributed by atoms with van der Waals surface area (Å²) in [4.78, 5) is 3.26. The quantitative estimate of drug-likeness (QED) is 0.879. The third-order valence-corrected chi connectivity index (χ3v) is 2.94. The van der Waals surface area contributed by atoms with Gasteiger partial charge >= 0.3 is 6.18 Å². The first-order valence-electron chi connectivity index (χ1n) is 5.34. The first-order chi connectivity index (χ1) is 8.97. The van der Waals surface area contributed by atoms with E-state index in [1.807, 2.05) is 12.1 Å². The lowest BCUT2D eigenvalue weighted by Crippen LogP contribution is -2.08. The summed E-state index contributed by atoms with van der Waals surface area (Å²) in [7, 11) is 0. The lowest BCUT2D eigenvalue weighted by Gasteiger charge is -2.05. The van der Waals surface area contributed by atoms with E-state index in [2.05, 4.69) is 9.36 Å². The number of hydrogen-bond acceptors (Lipinski definition) is 5. The van der Waals surface area contributed by atoms with Crippen LogP contribution < -0.4 is 10.5 Å². The standard InChI is InChI=1S/C11H10F3N3OS/c12-11(13,14)9-16-10(19-17-9)18-6-5-7-3-1-2-4-8(7)15/h1-4H,5-6,15H2.